The molecule has 4 heteroatoms. The summed E-state index contributed by atoms with van der Waals surface area (Å²) in [6, 6.07) is 9.85. The van der Waals surface area contributed by atoms with Crippen molar-refractivity contribution >= 4 is 16.8 Å². The first kappa shape index (κ1) is 15.7. The highest BCUT2D eigenvalue weighted by molar-refractivity contribution is 6.07. The van der Waals surface area contributed by atoms with Crippen LogP contribution in [0.25, 0.3) is 10.9 Å². The molecule has 0 spiro atoms. The van der Waals surface area contributed by atoms with Gasteiger partial charge in [0.05, 0.1) is 5.56 Å². The van der Waals surface area contributed by atoms with Crippen LogP contribution in [0.2, 0.25) is 0 Å². The summed E-state index contributed by atoms with van der Waals surface area (Å²) in [5.41, 5.74) is 1.98. The maximum absolute atomic E-state index is 12.9. The van der Waals surface area contributed by atoms with Gasteiger partial charge in [-0.3, -0.25) is 4.79 Å². The van der Waals surface area contributed by atoms with E-state index in [2.05, 4.69) is 40.9 Å². The highest BCUT2D eigenvalue weighted by atomic mass is 16.1. The second-order valence-electron chi connectivity index (χ2n) is 7.45. The van der Waals surface area contributed by atoms with Crippen molar-refractivity contribution in [3.8, 4) is 0 Å². The number of para-hydroxylation sites is 1. The number of rotatable bonds is 4. The van der Waals surface area contributed by atoms with Gasteiger partial charge in [0.15, 0.2) is 0 Å². The Morgan fingerprint density at radius 2 is 1.92 bits per heavy atom. The summed E-state index contributed by atoms with van der Waals surface area (Å²) >= 11 is 0. The number of nitrogens with one attached hydrogen (secondary N) is 1. The van der Waals surface area contributed by atoms with E-state index in [1.165, 1.54) is 12.8 Å². The van der Waals surface area contributed by atoms with Gasteiger partial charge in [-0.1, -0.05) is 25.1 Å². The van der Waals surface area contributed by atoms with Crippen LogP contribution < -0.4 is 5.32 Å². The zero-order valence-electron chi connectivity index (χ0n) is 14.7. The molecule has 4 rings (SSSR count). The standard InChI is InChI=1S/C20H27N3O/c1-3-10-23-13-18(17-6-4-5-7-19(17)23)20(24)21-14-11-15-8-9-16(12-14)22(15)2/h4-7,13-16H,3,8-12H2,1-2H3,(H,21,24)/t14?,15-,16+. The number of piperidine rings is 1. The van der Waals surface area contributed by atoms with E-state index in [0.717, 1.165) is 42.3 Å². The first-order valence-corrected chi connectivity index (χ1v) is 9.28. The van der Waals surface area contributed by atoms with Gasteiger partial charge in [0, 0.05) is 41.8 Å². The van der Waals surface area contributed by atoms with Crippen LogP contribution in [0, 0.1) is 0 Å². The monoisotopic (exact) mass is 325 g/mol. The van der Waals surface area contributed by atoms with Gasteiger partial charge in [0.1, 0.15) is 0 Å². The van der Waals surface area contributed by atoms with Crippen molar-refractivity contribution in [3.63, 3.8) is 0 Å². The van der Waals surface area contributed by atoms with Gasteiger partial charge in [0.25, 0.3) is 5.91 Å². The molecular weight excluding hydrogens is 298 g/mol. The second-order valence-corrected chi connectivity index (χ2v) is 7.45. The Bertz CT molecular complexity index is 736. The van der Waals surface area contributed by atoms with E-state index in [1.807, 2.05) is 18.3 Å². The lowest BCUT2D eigenvalue weighted by molar-refractivity contribution is 0.0884. The van der Waals surface area contributed by atoms with E-state index < -0.39 is 0 Å². The molecule has 1 amide bonds. The summed E-state index contributed by atoms with van der Waals surface area (Å²) < 4.78 is 2.21. The Morgan fingerprint density at radius 3 is 2.62 bits per heavy atom. The molecular formula is C20H27N3O. The number of hydrogen-bond donors (Lipinski definition) is 1. The average Bonchev–Trinajstić information content (AvgIpc) is 3.02. The van der Waals surface area contributed by atoms with Crippen LogP contribution in [0.3, 0.4) is 0 Å². The number of amides is 1. The fourth-order valence-electron chi connectivity index (χ4n) is 4.65. The lowest BCUT2D eigenvalue weighted by atomic mass is 9.97. The molecule has 0 radical (unpaired) electrons. The molecule has 2 bridgehead atoms. The normalized spacial score (nSPS) is 26.8. The zero-order chi connectivity index (χ0) is 16.7. The predicted molar refractivity (Wildman–Crippen MR) is 97.3 cm³/mol. The SMILES string of the molecule is CCCn1cc(C(=O)NC2C[C@H]3CC[C@@H](C2)N3C)c2ccccc21. The molecule has 3 atom stereocenters. The number of carbonyl (C=O) groups excluding carboxylic acids is 1. The number of aromatic nitrogens is 1. The van der Waals surface area contributed by atoms with E-state index in [0.29, 0.717) is 18.1 Å². The van der Waals surface area contributed by atoms with E-state index >= 15 is 0 Å². The average molecular weight is 325 g/mol. The van der Waals surface area contributed by atoms with Crippen LogP contribution >= 0.6 is 0 Å². The molecule has 1 aromatic carbocycles. The second kappa shape index (κ2) is 6.25. The van der Waals surface area contributed by atoms with E-state index in [9.17, 15) is 4.79 Å². The van der Waals surface area contributed by atoms with Crippen molar-refractivity contribution in [1.29, 1.82) is 0 Å². The van der Waals surface area contributed by atoms with Crippen molar-refractivity contribution < 1.29 is 4.79 Å². The third-order valence-corrected chi connectivity index (χ3v) is 5.93. The van der Waals surface area contributed by atoms with Crippen LogP contribution in [0.5, 0.6) is 0 Å². The minimum Gasteiger partial charge on any atom is -0.349 e. The van der Waals surface area contributed by atoms with E-state index in [4.69, 9.17) is 0 Å². The van der Waals surface area contributed by atoms with Crippen LogP contribution in [-0.2, 0) is 6.54 Å². The molecule has 0 saturated carbocycles. The number of aryl methyl sites for hydroxylation is 1. The number of carbonyl (C=O) groups is 1. The van der Waals surface area contributed by atoms with Crippen molar-refractivity contribution in [2.24, 2.45) is 0 Å². The first-order valence-electron chi connectivity index (χ1n) is 9.28. The maximum atomic E-state index is 12.9. The number of hydrogen-bond acceptors (Lipinski definition) is 2. The summed E-state index contributed by atoms with van der Waals surface area (Å²) in [5, 5.41) is 4.39. The highest BCUT2D eigenvalue weighted by Crippen LogP contribution is 2.34. The van der Waals surface area contributed by atoms with Crippen molar-refractivity contribution in [2.45, 2.75) is 63.7 Å². The molecule has 1 unspecified atom stereocenters. The van der Waals surface area contributed by atoms with Gasteiger partial charge in [-0.05, 0) is 45.2 Å². The topological polar surface area (TPSA) is 37.3 Å². The minimum absolute atomic E-state index is 0.0926. The molecule has 1 N–H and O–H groups in total. The third kappa shape index (κ3) is 2.63. The summed E-state index contributed by atoms with van der Waals surface area (Å²) in [7, 11) is 2.23. The molecule has 2 aliphatic heterocycles. The molecule has 4 nitrogen and oxygen atoms in total. The first-order chi connectivity index (χ1) is 11.7. The Hall–Kier alpha value is -1.81. The van der Waals surface area contributed by atoms with E-state index in [-0.39, 0.29) is 5.91 Å². The fraction of sp³-hybridized carbons (Fsp3) is 0.550. The van der Waals surface area contributed by atoms with Gasteiger partial charge in [-0.2, -0.15) is 0 Å². The Kier molecular flexibility index (Phi) is 4.09. The molecule has 3 heterocycles. The molecule has 1 aromatic heterocycles. The minimum atomic E-state index is 0.0926. The lowest BCUT2D eigenvalue weighted by Gasteiger charge is -2.36. The molecule has 24 heavy (non-hydrogen) atoms. The van der Waals surface area contributed by atoms with Crippen molar-refractivity contribution in [2.75, 3.05) is 7.05 Å². The van der Waals surface area contributed by atoms with Crippen molar-refractivity contribution in [3.05, 3.63) is 36.0 Å². The zero-order valence-corrected chi connectivity index (χ0v) is 14.7. The highest BCUT2D eigenvalue weighted by Gasteiger charge is 2.38. The largest absolute Gasteiger partial charge is 0.349 e. The van der Waals surface area contributed by atoms with E-state index in [1.54, 1.807) is 0 Å². The maximum Gasteiger partial charge on any atom is 0.253 e. The summed E-state index contributed by atoms with van der Waals surface area (Å²) in [6.45, 7) is 3.12. The summed E-state index contributed by atoms with van der Waals surface area (Å²) in [4.78, 5) is 15.4. The number of fused-ring (bicyclic) bond motifs is 3. The summed E-state index contributed by atoms with van der Waals surface area (Å²) in [6.07, 6.45) is 7.84. The molecule has 2 aromatic rings. The van der Waals surface area contributed by atoms with Crippen LogP contribution in [0.4, 0.5) is 0 Å². The van der Waals surface area contributed by atoms with Gasteiger partial charge in [-0.15, -0.1) is 0 Å². The molecule has 2 aliphatic rings. The van der Waals surface area contributed by atoms with Gasteiger partial charge >= 0.3 is 0 Å². The Labute approximate surface area is 143 Å². The number of benzene rings is 1. The quantitative estimate of drug-likeness (QED) is 0.935. The molecule has 2 saturated heterocycles. The molecule has 2 fully saturated rings. The van der Waals surface area contributed by atoms with Gasteiger partial charge in [0.2, 0.25) is 0 Å². The number of nitrogens with zero attached hydrogens (tertiary/aromatic N) is 2. The Balaban J connectivity index is 1.56. The van der Waals surface area contributed by atoms with Gasteiger partial charge < -0.3 is 14.8 Å². The molecule has 0 aliphatic carbocycles. The van der Waals surface area contributed by atoms with Crippen molar-refractivity contribution in [1.82, 2.24) is 14.8 Å². The molecule has 128 valence electrons. The van der Waals surface area contributed by atoms with Crippen LogP contribution in [-0.4, -0.2) is 40.5 Å². The third-order valence-electron chi connectivity index (χ3n) is 5.93. The predicted octanol–water partition coefficient (Wildman–Crippen LogP) is 3.41. The van der Waals surface area contributed by atoms with Crippen LogP contribution in [0.15, 0.2) is 30.5 Å². The Morgan fingerprint density at radius 1 is 1.21 bits per heavy atom. The smallest absolute Gasteiger partial charge is 0.253 e. The summed E-state index contributed by atoms with van der Waals surface area (Å²) in [5.74, 6) is 0.0926. The lowest BCUT2D eigenvalue weighted by Crippen LogP contribution is -2.48. The van der Waals surface area contributed by atoms with Crippen LogP contribution in [0.1, 0.15) is 49.4 Å². The van der Waals surface area contributed by atoms with Gasteiger partial charge in [-0.25, -0.2) is 0 Å². The fourth-order valence-corrected chi connectivity index (χ4v) is 4.65.